The number of carbonyl (C=O) groups excluding carboxylic acids is 2. The predicted octanol–water partition coefficient (Wildman–Crippen LogP) is 2.47. The van der Waals surface area contributed by atoms with Crippen LogP contribution in [0.2, 0.25) is 0 Å². The maximum Gasteiger partial charge on any atom is 0.266 e. The largest absolute Gasteiger partial charge is 0.360 e. The number of benzene rings is 1. The Morgan fingerprint density at radius 3 is 2.60 bits per heavy atom. The molecule has 2 heterocycles. The fourth-order valence-corrected chi connectivity index (χ4v) is 3.20. The summed E-state index contributed by atoms with van der Waals surface area (Å²) in [6.45, 7) is 4.29. The van der Waals surface area contributed by atoms with Gasteiger partial charge in [0, 0.05) is 23.8 Å². The Kier molecular flexibility index (Phi) is 3.13. The molecule has 0 radical (unpaired) electrons. The van der Waals surface area contributed by atoms with Gasteiger partial charge in [0.1, 0.15) is 0 Å². The van der Waals surface area contributed by atoms with E-state index in [-0.39, 0.29) is 17.9 Å². The minimum Gasteiger partial charge on any atom is -0.360 e. The van der Waals surface area contributed by atoms with Gasteiger partial charge >= 0.3 is 0 Å². The molecule has 1 saturated heterocycles. The molecule has 2 aliphatic heterocycles. The summed E-state index contributed by atoms with van der Waals surface area (Å²) in [6, 6.07) is 7.18. The number of fused-ring (bicyclic) bond motifs is 2. The van der Waals surface area contributed by atoms with Crippen molar-refractivity contribution in [3.05, 3.63) is 35.4 Å². The van der Waals surface area contributed by atoms with Gasteiger partial charge in [0.05, 0.1) is 0 Å². The number of imide groups is 1. The Labute approximate surface area is 118 Å². The maximum atomic E-state index is 12.9. The van der Waals surface area contributed by atoms with Crippen molar-refractivity contribution in [3.63, 3.8) is 0 Å². The molecular formula is C16H19NO3. The van der Waals surface area contributed by atoms with Gasteiger partial charge in [0.25, 0.3) is 11.8 Å². The van der Waals surface area contributed by atoms with Gasteiger partial charge in [0.2, 0.25) is 0 Å². The van der Waals surface area contributed by atoms with Crippen LogP contribution in [0.3, 0.4) is 0 Å². The van der Waals surface area contributed by atoms with Gasteiger partial charge in [-0.2, -0.15) is 0 Å². The zero-order valence-corrected chi connectivity index (χ0v) is 11.9. The monoisotopic (exact) mass is 273 g/mol. The average molecular weight is 273 g/mol. The van der Waals surface area contributed by atoms with Gasteiger partial charge in [-0.3, -0.25) is 14.5 Å². The van der Waals surface area contributed by atoms with Gasteiger partial charge in [-0.1, -0.05) is 18.2 Å². The molecule has 4 nitrogen and oxygen atoms in total. The molecule has 20 heavy (non-hydrogen) atoms. The molecule has 1 atom stereocenters. The number of carbonyl (C=O) groups is 2. The lowest BCUT2D eigenvalue weighted by atomic mass is 9.79. The van der Waals surface area contributed by atoms with Crippen LogP contribution < -0.4 is 0 Å². The normalized spacial score (nSPS) is 26.2. The second kappa shape index (κ2) is 4.70. The Morgan fingerprint density at radius 1 is 1.20 bits per heavy atom. The smallest absolute Gasteiger partial charge is 0.266 e. The van der Waals surface area contributed by atoms with Crippen LogP contribution in [0.4, 0.5) is 0 Å². The predicted molar refractivity (Wildman–Crippen MR) is 74.2 cm³/mol. The summed E-state index contributed by atoms with van der Waals surface area (Å²) in [4.78, 5) is 26.8. The van der Waals surface area contributed by atoms with E-state index in [4.69, 9.17) is 4.74 Å². The molecule has 0 bridgehead atoms. The fraction of sp³-hybridized carbons (Fsp3) is 0.500. The first kappa shape index (κ1) is 13.3. The van der Waals surface area contributed by atoms with Crippen LogP contribution in [0.1, 0.15) is 49.0 Å². The van der Waals surface area contributed by atoms with Gasteiger partial charge < -0.3 is 4.74 Å². The molecule has 0 saturated carbocycles. The summed E-state index contributed by atoms with van der Waals surface area (Å²) in [7, 11) is 0. The molecular weight excluding hydrogens is 254 g/mol. The minimum atomic E-state index is -0.951. The van der Waals surface area contributed by atoms with Gasteiger partial charge in [0.15, 0.2) is 5.60 Å². The Bertz CT molecular complexity index is 559. The molecule has 3 rings (SSSR count). The summed E-state index contributed by atoms with van der Waals surface area (Å²) in [5.74, 6) is -0.406. The third kappa shape index (κ3) is 1.71. The molecule has 2 amide bonds. The summed E-state index contributed by atoms with van der Waals surface area (Å²) < 4.78 is 5.93. The van der Waals surface area contributed by atoms with E-state index in [1.165, 1.54) is 4.90 Å². The molecule has 1 aromatic carbocycles. The Balaban J connectivity index is 2.20. The van der Waals surface area contributed by atoms with Crippen LogP contribution in [0, 0.1) is 0 Å². The zero-order chi connectivity index (χ0) is 14.3. The van der Waals surface area contributed by atoms with Crippen LogP contribution >= 0.6 is 0 Å². The van der Waals surface area contributed by atoms with Gasteiger partial charge in [-0.25, -0.2) is 0 Å². The van der Waals surface area contributed by atoms with E-state index >= 15 is 0 Å². The first-order valence-electron chi connectivity index (χ1n) is 7.19. The third-order valence-electron chi connectivity index (χ3n) is 4.16. The molecule has 2 aliphatic rings. The van der Waals surface area contributed by atoms with E-state index in [1.54, 1.807) is 6.07 Å². The lowest BCUT2D eigenvalue weighted by molar-refractivity contribution is -0.167. The van der Waals surface area contributed by atoms with Crippen molar-refractivity contribution in [2.75, 3.05) is 6.61 Å². The number of hydrogen-bond donors (Lipinski definition) is 0. The zero-order valence-electron chi connectivity index (χ0n) is 11.9. The van der Waals surface area contributed by atoms with E-state index in [0.717, 1.165) is 18.4 Å². The highest BCUT2D eigenvalue weighted by Gasteiger charge is 2.52. The summed E-state index contributed by atoms with van der Waals surface area (Å²) in [5, 5.41) is 0. The SMILES string of the molecule is CC(C)N1C(=O)c2ccccc2C2(CCCCO2)C1=O. The highest BCUT2D eigenvalue weighted by molar-refractivity contribution is 6.12. The fourth-order valence-electron chi connectivity index (χ4n) is 3.20. The van der Waals surface area contributed by atoms with Crippen LogP contribution in [0.15, 0.2) is 24.3 Å². The number of rotatable bonds is 1. The number of hydrogen-bond acceptors (Lipinski definition) is 3. The summed E-state index contributed by atoms with van der Waals surface area (Å²) in [5.41, 5.74) is 0.391. The third-order valence-corrected chi connectivity index (χ3v) is 4.16. The first-order chi connectivity index (χ1) is 9.58. The van der Waals surface area contributed by atoms with E-state index in [0.29, 0.717) is 18.6 Å². The van der Waals surface area contributed by atoms with Crippen molar-refractivity contribution in [3.8, 4) is 0 Å². The van der Waals surface area contributed by atoms with Crippen molar-refractivity contribution >= 4 is 11.8 Å². The quantitative estimate of drug-likeness (QED) is 0.738. The first-order valence-corrected chi connectivity index (χ1v) is 7.19. The van der Waals surface area contributed by atoms with Crippen molar-refractivity contribution in [2.24, 2.45) is 0 Å². The van der Waals surface area contributed by atoms with Crippen LogP contribution in [-0.2, 0) is 15.1 Å². The molecule has 4 heteroatoms. The van der Waals surface area contributed by atoms with Crippen LogP contribution in [0.5, 0.6) is 0 Å². The maximum absolute atomic E-state index is 12.9. The second-order valence-corrected chi connectivity index (χ2v) is 5.75. The Hall–Kier alpha value is -1.68. The molecule has 1 fully saturated rings. The molecule has 0 N–H and O–H groups in total. The molecule has 1 aromatic rings. The summed E-state index contributed by atoms with van der Waals surface area (Å²) >= 11 is 0. The average Bonchev–Trinajstić information content (AvgIpc) is 2.46. The van der Waals surface area contributed by atoms with Crippen molar-refractivity contribution in [1.82, 2.24) is 4.90 Å². The van der Waals surface area contributed by atoms with E-state index < -0.39 is 5.60 Å². The number of nitrogens with zero attached hydrogens (tertiary/aromatic N) is 1. The van der Waals surface area contributed by atoms with Crippen molar-refractivity contribution in [1.29, 1.82) is 0 Å². The van der Waals surface area contributed by atoms with Crippen molar-refractivity contribution in [2.45, 2.75) is 44.8 Å². The molecule has 106 valence electrons. The molecule has 1 spiro atoms. The topological polar surface area (TPSA) is 46.6 Å². The lowest BCUT2D eigenvalue weighted by Crippen LogP contribution is -2.58. The summed E-state index contributed by atoms with van der Waals surface area (Å²) in [6.07, 6.45) is 2.56. The second-order valence-electron chi connectivity index (χ2n) is 5.75. The van der Waals surface area contributed by atoms with Gasteiger partial charge in [-0.15, -0.1) is 0 Å². The van der Waals surface area contributed by atoms with E-state index in [2.05, 4.69) is 0 Å². The van der Waals surface area contributed by atoms with E-state index in [9.17, 15) is 9.59 Å². The molecule has 1 unspecified atom stereocenters. The molecule has 0 aromatic heterocycles. The molecule has 0 aliphatic carbocycles. The van der Waals surface area contributed by atoms with Crippen molar-refractivity contribution < 1.29 is 14.3 Å². The standard InChI is InChI=1S/C16H19NO3/c1-11(2)17-14(18)12-7-3-4-8-13(12)16(15(17)19)9-5-6-10-20-16/h3-4,7-8,11H,5-6,9-10H2,1-2H3. The number of amides is 2. The van der Waals surface area contributed by atoms with E-state index in [1.807, 2.05) is 32.0 Å². The lowest BCUT2D eigenvalue weighted by Gasteiger charge is -2.44. The highest BCUT2D eigenvalue weighted by Crippen LogP contribution is 2.42. The Morgan fingerprint density at radius 2 is 1.95 bits per heavy atom. The van der Waals surface area contributed by atoms with Gasteiger partial charge in [-0.05, 0) is 39.2 Å². The minimum absolute atomic E-state index is 0.161. The number of ether oxygens (including phenoxy) is 1. The van der Waals surface area contributed by atoms with Crippen LogP contribution in [0.25, 0.3) is 0 Å². The van der Waals surface area contributed by atoms with Crippen LogP contribution in [-0.4, -0.2) is 29.4 Å². The highest BCUT2D eigenvalue weighted by atomic mass is 16.5.